The van der Waals surface area contributed by atoms with Crippen molar-refractivity contribution in [1.29, 1.82) is 0 Å². The van der Waals surface area contributed by atoms with Crippen LogP contribution < -0.4 is 10.1 Å². The third-order valence-electron chi connectivity index (χ3n) is 5.35. The Morgan fingerprint density at radius 2 is 1.75 bits per heavy atom. The lowest BCUT2D eigenvalue weighted by atomic mass is 9.80. The summed E-state index contributed by atoms with van der Waals surface area (Å²) in [6.07, 6.45) is 0. The first kappa shape index (κ1) is 21.9. The summed E-state index contributed by atoms with van der Waals surface area (Å²) < 4.78 is 10.2. The van der Waals surface area contributed by atoms with Gasteiger partial charge in [0.15, 0.2) is 18.1 Å². The topological polar surface area (TPSA) is 102 Å². The number of aliphatic carboxylic acids is 1. The monoisotopic (exact) mass is 473 g/mol. The molecular weight excluding hydrogens is 457 g/mol. The second-order valence-electron chi connectivity index (χ2n) is 7.25. The van der Waals surface area contributed by atoms with Crippen molar-refractivity contribution in [2.75, 3.05) is 13.7 Å². The predicted molar refractivity (Wildman–Crippen MR) is 118 cm³/mol. The van der Waals surface area contributed by atoms with Crippen LogP contribution in [0.15, 0.2) is 53.2 Å². The highest BCUT2D eigenvalue weighted by Gasteiger charge is 2.43. The fourth-order valence-corrected chi connectivity index (χ4v) is 4.67. The van der Waals surface area contributed by atoms with Crippen molar-refractivity contribution >= 4 is 46.6 Å². The molecular formula is C23H17Cl2NO6. The molecule has 1 aliphatic heterocycles. The molecule has 7 nitrogen and oxygen atoms in total. The third-order valence-corrected chi connectivity index (χ3v) is 5.91. The number of carbonyl (C=O) groups excluding carboxylic acids is 2. The Labute approximate surface area is 193 Å². The average Bonchev–Trinajstić information content (AvgIpc) is 3.03. The maximum absolute atomic E-state index is 13.4. The van der Waals surface area contributed by atoms with Crippen molar-refractivity contribution in [2.24, 2.45) is 0 Å². The Bertz CT molecular complexity index is 1220. The first-order valence-corrected chi connectivity index (χ1v) is 10.3. The number of dihydropyridines is 1. The van der Waals surface area contributed by atoms with Crippen LogP contribution in [-0.2, 0) is 14.3 Å². The minimum Gasteiger partial charge on any atom is -0.479 e. The maximum atomic E-state index is 13.4. The molecule has 2 aromatic carbocycles. The van der Waals surface area contributed by atoms with Gasteiger partial charge in [0.25, 0.3) is 0 Å². The number of ketones is 1. The van der Waals surface area contributed by atoms with E-state index in [0.717, 1.165) is 5.56 Å². The van der Waals surface area contributed by atoms with Gasteiger partial charge in [-0.25, -0.2) is 9.59 Å². The molecule has 32 heavy (non-hydrogen) atoms. The van der Waals surface area contributed by atoms with Gasteiger partial charge in [-0.2, -0.15) is 0 Å². The lowest BCUT2D eigenvalue weighted by Gasteiger charge is -2.29. The molecule has 1 atom stereocenters. The molecule has 1 aliphatic carbocycles. The maximum Gasteiger partial charge on any atom is 0.341 e. The van der Waals surface area contributed by atoms with Gasteiger partial charge in [0.2, 0.25) is 0 Å². The number of halogens is 2. The number of hydrogen-bond donors (Lipinski definition) is 2. The number of allylic oxidation sites excluding steroid dienone is 2. The number of rotatable bonds is 5. The summed E-state index contributed by atoms with van der Waals surface area (Å²) in [4.78, 5) is 36.9. The van der Waals surface area contributed by atoms with Gasteiger partial charge in [0.1, 0.15) is 0 Å². The second-order valence-corrected chi connectivity index (χ2v) is 8.06. The molecule has 0 unspecified atom stereocenters. The van der Waals surface area contributed by atoms with Crippen LogP contribution in [0.4, 0.5) is 0 Å². The van der Waals surface area contributed by atoms with Crippen LogP contribution in [0.3, 0.4) is 0 Å². The number of Topliss-reactive ketones (excluding diaryl/α,β-unsaturated/α-hetero) is 1. The van der Waals surface area contributed by atoms with E-state index in [4.69, 9.17) is 37.8 Å². The van der Waals surface area contributed by atoms with E-state index in [1.54, 1.807) is 19.1 Å². The van der Waals surface area contributed by atoms with Crippen LogP contribution in [0.1, 0.15) is 34.3 Å². The highest BCUT2D eigenvalue weighted by Crippen LogP contribution is 2.48. The lowest BCUT2D eigenvalue weighted by Crippen LogP contribution is -2.29. The molecule has 2 N–H and O–H groups in total. The molecule has 0 fully saturated rings. The average molecular weight is 474 g/mol. The van der Waals surface area contributed by atoms with Crippen molar-refractivity contribution in [3.05, 3.63) is 80.0 Å². The summed E-state index contributed by atoms with van der Waals surface area (Å²) in [6.45, 7) is 1.10. The fraction of sp³-hybridized carbons (Fsp3) is 0.174. The first-order valence-electron chi connectivity index (χ1n) is 9.52. The fourth-order valence-electron chi connectivity index (χ4n) is 4.06. The van der Waals surface area contributed by atoms with Crippen LogP contribution in [0, 0.1) is 0 Å². The van der Waals surface area contributed by atoms with E-state index in [-0.39, 0.29) is 27.2 Å². The number of hydrogen-bond acceptors (Lipinski definition) is 6. The van der Waals surface area contributed by atoms with Gasteiger partial charge in [-0.1, -0.05) is 47.5 Å². The van der Waals surface area contributed by atoms with Gasteiger partial charge in [-0.15, -0.1) is 0 Å². The molecule has 0 amide bonds. The SMILES string of the molecule is COC(=O)C1=C(C)NC2=C(C(=O)c3ccccc32)[C@@H]1c1cc(Cl)c(OCC(=O)O)c(Cl)c1. The molecule has 2 aliphatic rings. The Morgan fingerprint density at radius 3 is 2.34 bits per heavy atom. The molecule has 9 heteroatoms. The largest absolute Gasteiger partial charge is 0.479 e. The quantitative estimate of drug-likeness (QED) is 0.627. The van der Waals surface area contributed by atoms with E-state index >= 15 is 0 Å². The summed E-state index contributed by atoms with van der Waals surface area (Å²) >= 11 is 12.7. The van der Waals surface area contributed by atoms with Gasteiger partial charge in [0, 0.05) is 28.3 Å². The predicted octanol–water partition coefficient (Wildman–Crippen LogP) is 4.20. The second kappa shape index (κ2) is 8.33. The molecule has 0 bridgehead atoms. The van der Waals surface area contributed by atoms with Crippen LogP contribution >= 0.6 is 23.2 Å². The van der Waals surface area contributed by atoms with Crippen LogP contribution in [0.25, 0.3) is 5.70 Å². The molecule has 1 heterocycles. The highest BCUT2D eigenvalue weighted by molar-refractivity contribution is 6.37. The number of fused-ring (bicyclic) bond motifs is 2. The number of ether oxygens (including phenoxy) is 2. The van der Waals surface area contributed by atoms with E-state index in [1.165, 1.54) is 19.2 Å². The summed E-state index contributed by atoms with van der Waals surface area (Å²) in [5.74, 6) is -2.81. The van der Waals surface area contributed by atoms with Gasteiger partial charge in [-0.3, -0.25) is 4.79 Å². The lowest BCUT2D eigenvalue weighted by molar-refractivity contribution is -0.139. The van der Waals surface area contributed by atoms with Gasteiger partial charge in [-0.05, 0) is 24.6 Å². The minimum atomic E-state index is -1.18. The van der Waals surface area contributed by atoms with E-state index in [9.17, 15) is 14.4 Å². The van der Waals surface area contributed by atoms with E-state index in [1.807, 2.05) is 12.1 Å². The zero-order chi connectivity index (χ0) is 23.2. The van der Waals surface area contributed by atoms with Crippen molar-refractivity contribution in [1.82, 2.24) is 5.32 Å². The number of benzene rings is 2. The Morgan fingerprint density at radius 1 is 1.12 bits per heavy atom. The van der Waals surface area contributed by atoms with Gasteiger partial charge >= 0.3 is 11.9 Å². The van der Waals surface area contributed by atoms with E-state index < -0.39 is 24.5 Å². The molecule has 0 aromatic heterocycles. The summed E-state index contributed by atoms with van der Waals surface area (Å²) in [5, 5.41) is 12.2. The zero-order valence-corrected chi connectivity index (χ0v) is 18.5. The first-order chi connectivity index (χ1) is 15.2. The number of esters is 1. The van der Waals surface area contributed by atoms with Crippen molar-refractivity contribution in [3.8, 4) is 5.75 Å². The third kappa shape index (κ3) is 3.53. The molecule has 0 radical (unpaired) electrons. The van der Waals surface area contributed by atoms with Gasteiger partial charge < -0.3 is 19.9 Å². The Balaban J connectivity index is 1.89. The number of methoxy groups -OCH3 is 1. The molecule has 0 saturated carbocycles. The van der Waals surface area contributed by atoms with Crippen molar-refractivity contribution in [3.63, 3.8) is 0 Å². The van der Waals surface area contributed by atoms with Crippen LogP contribution in [-0.4, -0.2) is 36.5 Å². The van der Waals surface area contributed by atoms with Crippen molar-refractivity contribution in [2.45, 2.75) is 12.8 Å². The van der Waals surface area contributed by atoms with Gasteiger partial charge in [0.05, 0.1) is 28.4 Å². The normalized spacial score (nSPS) is 17.0. The molecule has 164 valence electrons. The summed E-state index contributed by atoms with van der Waals surface area (Å²) in [6, 6.07) is 10.2. The zero-order valence-electron chi connectivity index (χ0n) is 17.0. The summed E-state index contributed by atoms with van der Waals surface area (Å²) in [7, 11) is 1.26. The van der Waals surface area contributed by atoms with E-state index in [2.05, 4.69) is 5.32 Å². The standard InChI is InChI=1S/C23H17Cl2NO6/c1-10-17(23(30)31-2)18(11-7-14(24)22(15(25)8-11)32-9-16(27)28)19-20(26-10)12-5-3-4-6-13(12)21(19)29/h3-8,18,26H,9H2,1-2H3,(H,27,28)/t18-/m1/s1. The van der Waals surface area contributed by atoms with Crippen molar-refractivity contribution < 1.29 is 29.0 Å². The summed E-state index contributed by atoms with van der Waals surface area (Å²) in [5.41, 5.74) is 3.49. The van der Waals surface area contributed by atoms with Crippen LogP contribution in [0.5, 0.6) is 5.75 Å². The number of carboxylic acid groups (broad SMARTS) is 1. The van der Waals surface area contributed by atoms with Crippen LogP contribution in [0.2, 0.25) is 10.0 Å². The molecule has 0 saturated heterocycles. The number of nitrogens with one attached hydrogen (secondary N) is 1. The molecule has 0 spiro atoms. The number of carbonyl (C=O) groups is 3. The van der Waals surface area contributed by atoms with E-state index in [0.29, 0.717) is 28.1 Å². The molecule has 2 aromatic rings. The highest BCUT2D eigenvalue weighted by atomic mass is 35.5. The number of carboxylic acids is 1. The Kier molecular flexibility index (Phi) is 5.71. The minimum absolute atomic E-state index is 0.00368. The smallest absolute Gasteiger partial charge is 0.341 e. The molecule has 4 rings (SSSR count). The Hall–Kier alpha value is -3.29.